The van der Waals surface area contributed by atoms with E-state index in [0.29, 0.717) is 15.8 Å². The number of rotatable bonds is 5. The molecule has 1 N–H and O–H groups in total. The van der Waals surface area contributed by atoms with E-state index in [4.69, 9.17) is 11.2 Å². The van der Waals surface area contributed by atoms with E-state index in [9.17, 15) is 4.79 Å². The van der Waals surface area contributed by atoms with Gasteiger partial charge in [-0.25, -0.2) is 5.43 Å². The summed E-state index contributed by atoms with van der Waals surface area (Å²) >= 11 is 3.32. The molecule has 5 heteroatoms. The molecule has 0 saturated heterocycles. The third-order valence-corrected chi connectivity index (χ3v) is 3.41. The second-order valence-electron chi connectivity index (χ2n) is 4.21. The van der Waals surface area contributed by atoms with E-state index in [1.54, 1.807) is 24.3 Å². The van der Waals surface area contributed by atoms with Gasteiger partial charge in [-0.05, 0) is 40.2 Å². The van der Waals surface area contributed by atoms with Crippen molar-refractivity contribution in [1.82, 2.24) is 5.43 Å². The number of hydrogen-bond acceptors (Lipinski definition) is 3. The largest absolute Gasteiger partial charge is 0.480 e. The number of terminal acetylenes is 1. The lowest BCUT2D eigenvalue weighted by Crippen LogP contribution is -2.18. The fraction of sp³-hybridized carbons (Fsp3) is 0.0588. The van der Waals surface area contributed by atoms with Gasteiger partial charge in [-0.3, -0.25) is 4.79 Å². The van der Waals surface area contributed by atoms with E-state index in [1.165, 1.54) is 6.21 Å². The Hall–Kier alpha value is -2.58. The number of nitrogens with zero attached hydrogens (tertiary/aromatic N) is 1. The number of amides is 1. The SMILES string of the molecule is C#CCOc1ccccc1/C=N\NC(=O)c1ccccc1Br. The van der Waals surface area contributed by atoms with Crippen molar-refractivity contribution >= 4 is 28.1 Å². The molecule has 0 atom stereocenters. The summed E-state index contributed by atoms with van der Waals surface area (Å²) in [6.45, 7) is 0.175. The van der Waals surface area contributed by atoms with Gasteiger partial charge >= 0.3 is 0 Å². The van der Waals surface area contributed by atoms with Crippen LogP contribution in [-0.4, -0.2) is 18.7 Å². The fourth-order valence-electron chi connectivity index (χ4n) is 1.70. The molecule has 0 bridgehead atoms. The van der Waals surface area contributed by atoms with Crippen LogP contribution in [0.2, 0.25) is 0 Å². The van der Waals surface area contributed by atoms with Gasteiger partial charge in [-0.2, -0.15) is 5.10 Å². The van der Waals surface area contributed by atoms with E-state index >= 15 is 0 Å². The van der Waals surface area contributed by atoms with E-state index in [2.05, 4.69) is 32.4 Å². The highest BCUT2D eigenvalue weighted by atomic mass is 79.9. The number of hydrogen-bond donors (Lipinski definition) is 1. The molecule has 0 aromatic heterocycles. The highest BCUT2D eigenvalue weighted by Gasteiger charge is 2.07. The van der Waals surface area contributed by atoms with Gasteiger partial charge in [-0.15, -0.1) is 6.42 Å². The van der Waals surface area contributed by atoms with Crippen LogP contribution in [0.15, 0.2) is 58.1 Å². The maximum Gasteiger partial charge on any atom is 0.272 e. The molecule has 0 aliphatic heterocycles. The first-order valence-corrected chi connectivity index (χ1v) is 7.25. The Morgan fingerprint density at radius 2 is 2.00 bits per heavy atom. The fourth-order valence-corrected chi connectivity index (χ4v) is 2.17. The van der Waals surface area contributed by atoms with E-state index < -0.39 is 0 Å². The molecular weight excluding hydrogens is 344 g/mol. The van der Waals surface area contributed by atoms with Crippen LogP contribution in [-0.2, 0) is 0 Å². The lowest BCUT2D eigenvalue weighted by molar-refractivity contribution is 0.0954. The third kappa shape index (κ3) is 4.21. The zero-order valence-electron chi connectivity index (χ0n) is 11.6. The quantitative estimate of drug-likeness (QED) is 0.508. The van der Waals surface area contributed by atoms with E-state index in [1.807, 2.05) is 24.3 Å². The first-order valence-electron chi connectivity index (χ1n) is 6.45. The minimum Gasteiger partial charge on any atom is -0.480 e. The number of ether oxygens (including phenoxy) is 1. The van der Waals surface area contributed by atoms with Crippen LogP contribution in [0.4, 0.5) is 0 Å². The number of carbonyl (C=O) groups is 1. The molecule has 0 heterocycles. The summed E-state index contributed by atoms with van der Waals surface area (Å²) in [6.07, 6.45) is 6.69. The average Bonchev–Trinajstić information content (AvgIpc) is 2.54. The number of benzene rings is 2. The topological polar surface area (TPSA) is 50.7 Å². The van der Waals surface area contributed by atoms with Crippen molar-refractivity contribution in [2.75, 3.05) is 6.61 Å². The zero-order chi connectivity index (χ0) is 15.8. The third-order valence-electron chi connectivity index (χ3n) is 2.72. The Bertz CT molecular complexity index is 735. The second-order valence-corrected chi connectivity index (χ2v) is 5.06. The second kappa shape index (κ2) is 8.01. The van der Waals surface area contributed by atoms with Crippen LogP contribution in [0.5, 0.6) is 5.75 Å². The number of halogens is 1. The van der Waals surface area contributed by atoms with Gasteiger partial charge in [0.1, 0.15) is 12.4 Å². The summed E-state index contributed by atoms with van der Waals surface area (Å²) in [5.74, 6) is 2.71. The highest BCUT2D eigenvalue weighted by Crippen LogP contribution is 2.16. The maximum atomic E-state index is 12.0. The molecule has 2 aromatic rings. The number of carbonyl (C=O) groups excluding carboxylic acids is 1. The van der Waals surface area contributed by atoms with Gasteiger partial charge in [0.05, 0.1) is 11.8 Å². The number of hydrazone groups is 1. The number of para-hydroxylation sites is 1. The summed E-state index contributed by atoms with van der Waals surface area (Å²) in [6, 6.07) is 14.4. The van der Waals surface area contributed by atoms with Crippen molar-refractivity contribution in [2.45, 2.75) is 0 Å². The lowest BCUT2D eigenvalue weighted by Gasteiger charge is -2.05. The Balaban J connectivity index is 2.06. The molecule has 2 rings (SSSR count). The molecule has 1 amide bonds. The maximum absolute atomic E-state index is 12.0. The molecule has 0 saturated carbocycles. The van der Waals surface area contributed by atoms with Crippen molar-refractivity contribution < 1.29 is 9.53 Å². The Morgan fingerprint density at radius 1 is 1.27 bits per heavy atom. The summed E-state index contributed by atoms with van der Waals surface area (Å²) in [4.78, 5) is 12.0. The first kappa shape index (κ1) is 15.8. The van der Waals surface area contributed by atoms with Gasteiger partial charge in [0.25, 0.3) is 5.91 Å². The van der Waals surface area contributed by atoms with Crippen molar-refractivity contribution in [1.29, 1.82) is 0 Å². The smallest absolute Gasteiger partial charge is 0.272 e. The van der Waals surface area contributed by atoms with Crippen LogP contribution < -0.4 is 10.2 Å². The Labute approximate surface area is 137 Å². The van der Waals surface area contributed by atoms with Crippen LogP contribution in [0, 0.1) is 12.3 Å². The number of nitrogens with one attached hydrogen (secondary N) is 1. The van der Waals surface area contributed by atoms with Crippen molar-refractivity contribution in [2.24, 2.45) is 5.10 Å². The first-order chi connectivity index (χ1) is 10.7. The van der Waals surface area contributed by atoms with E-state index in [0.717, 1.165) is 5.56 Å². The van der Waals surface area contributed by atoms with Crippen LogP contribution in [0.25, 0.3) is 0 Å². The summed E-state index contributed by atoms with van der Waals surface area (Å²) in [7, 11) is 0. The standard InChI is InChI=1S/C17H13BrN2O2/c1-2-11-22-16-10-6-3-7-13(16)12-19-20-17(21)14-8-4-5-9-15(14)18/h1,3-10,12H,11H2,(H,20,21)/b19-12-. The molecule has 0 spiro atoms. The van der Waals surface area contributed by atoms with Crippen molar-refractivity contribution in [3.05, 3.63) is 64.1 Å². The Morgan fingerprint density at radius 3 is 2.77 bits per heavy atom. The van der Waals surface area contributed by atoms with Crippen LogP contribution in [0.3, 0.4) is 0 Å². The predicted octanol–water partition coefficient (Wildman–Crippen LogP) is 3.23. The summed E-state index contributed by atoms with van der Waals surface area (Å²) < 4.78 is 6.11. The van der Waals surface area contributed by atoms with Gasteiger partial charge < -0.3 is 4.74 Å². The molecule has 0 radical (unpaired) electrons. The molecule has 0 aliphatic carbocycles. The summed E-state index contributed by atoms with van der Waals surface area (Å²) in [5, 5.41) is 3.95. The van der Waals surface area contributed by atoms with Gasteiger partial charge in [0.2, 0.25) is 0 Å². The molecular formula is C17H13BrN2O2. The zero-order valence-corrected chi connectivity index (χ0v) is 13.2. The lowest BCUT2D eigenvalue weighted by atomic mass is 10.2. The van der Waals surface area contributed by atoms with Crippen LogP contribution in [0.1, 0.15) is 15.9 Å². The molecule has 2 aromatic carbocycles. The normalized spacial score (nSPS) is 10.2. The van der Waals surface area contributed by atoms with Gasteiger partial charge in [0.15, 0.2) is 0 Å². The molecule has 0 unspecified atom stereocenters. The van der Waals surface area contributed by atoms with Gasteiger partial charge in [-0.1, -0.05) is 30.2 Å². The molecule has 110 valence electrons. The molecule has 0 fully saturated rings. The average molecular weight is 357 g/mol. The highest BCUT2D eigenvalue weighted by molar-refractivity contribution is 9.10. The van der Waals surface area contributed by atoms with E-state index in [-0.39, 0.29) is 12.5 Å². The minimum absolute atomic E-state index is 0.175. The van der Waals surface area contributed by atoms with Crippen molar-refractivity contribution in [3.63, 3.8) is 0 Å². The molecule has 0 aliphatic rings. The molecule has 4 nitrogen and oxygen atoms in total. The predicted molar refractivity (Wildman–Crippen MR) is 90.0 cm³/mol. The summed E-state index contributed by atoms with van der Waals surface area (Å²) in [5.41, 5.74) is 3.71. The Kier molecular flexibility index (Phi) is 5.75. The van der Waals surface area contributed by atoms with Crippen LogP contribution >= 0.6 is 15.9 Å². The van der Waals surface area contributed by atoms with Crippen molar-refractivity contribution in [3.8, 4) is 18.1 Å². The minimum atomic E-state index is -0.300. The monoisotopic (exact) mass is 356 g/mol. The van der Waals surface area contributed by atoms with Gasteiger partial charge in [0, 0.05) is 10.0 Å². The molecule has 22 heavy (non-hydrogen) atoms.